The Bertz CT molecular complexity index is 330. The molecule has 0 aliphatic rings. The fourth-order valence-electron chi connectivity index (χ4n) is 1.82. The van der Waals surface area contributed by atoms with Crippen molar-refractivity contribution in [3.8, 4) is 0 Å². The molecule has 0 aliphatic carbocycles. The van der Waals surface area contributed by atoms with Crippen LogP contribution in [0.3, 0.4) is 0 Å². The molecule has 0 saturated heterocycles. The van der Waals surface area contributed by atoms with Gasteiger partial charge in [0.05, 0.1) is 0 Å². The van der Waals surface area contributed by atoms with Crippen LogP contribution in [-0.4, -0.2) is 37.1 Å². The SMILES string of the molecule is CCNC(C)c1cccnc1N(C)CCSC. The molecule has 0 amide bonds. The number of pyridine rings is 1. The fourth-order valence-corrected chi connectivity index (χ4v) is 2.27. The quantitative estimate of drug-likeness (QED) is 0.808. The number of aromatic nitrogens is 1. The molecule has 0 spiro atoms. The zero-order chi connectivity index (χ0) is 12.7. The van der Waals surface area contributed by atoms with Gasteiger partial charge >= 0.3 is 0 Å². The minimum absolute atomic E-state index is 0.348. The Morgan fingerprint density at radius 3 is 2.94 bits per heavy atom. The first-order valence-electron chi connectivity index (χ1n) is 6.09. The van der Waals surface area contributed by atoms with Gasteiger partial charge in [-0.3, -0.25) is 0 Å². The highest BCUT2D eigenvalue weighted by Crippen LogP contribution is 2.22. The van der Waals surface area contributed by atoms with Gasteiger partial charge in [0, 0.05) is 37.1 Å². The molecular formula is C13H23N3S. The van der Waals surface area contributed by atoms with Gasteiger partial charge in [0.1, 0.15) is 5.82 Å². The number of nitrogens with zero attached hydrogens (tertiary/aromatic N) is 2. The van der Waals surface area contributed by atoms with Gasteiger partial charge in [-0.15, -0.1) is 0 Å². The number of thioether (sulfide) groups is 1. The molecule has 0 saturated carbocycles. The predicted molar refractivity (Wildman–Crippen MR) is 78.0 cm³/mol. The zero-order valence-corrected chi connectivity index (χ0v) is 12.0. The molecule has 0 aliphatic heterocycles. The molecule has 3 nitrogen and oxygen atoms in total. The smallest absolute Gasteiger partial charge is 0.133 e. The van der Waals surface area contributed by atoms with Gasteiger partial charge in [0.25, 0.3) is 0 Å². The minimum Gasteiger partial charge on any atom is -0.359 e. The third kappa shape index (κ3) is 4.21. The van der Waals surface area contributed by atoms with Crippen molar-refractivity contribution in [1.29, 1.82) is 0 Å². The van der Waals surface area contributed by atoms with E-state index in [0.29, 0.717) is 6.04 Å². The third-order valence-corrected chi connectivity index (χ3v) is 3.38. The lowest BCUT2D eigenvalue weighted by molar-refractivity contribution is 0.595. The molecule has 4 heteroatoms. The van der Waals surface area contributed by atoms with Crippen molar-refractivity contribution in [2.24, 2.45) is 0 Å². The summed E-state index contributed by atoms with van der Waals surface area (Å²) in [5, 5.41) is 3.44. The summed E-state index contributed by atoms with van der Waals surface area (Å²) in [6.45, 7) is 6.32. The van der Waals surface area contributed by atoms with Crippen LogP contribution in [0.5, 0.6) is 0 Å². The molecule has 0 aromatic carbocycles. The van der Waals surface area contributed by atoms with Crippen molar-refractivity contribution >= 4 is 17.6 Å². The van der Waals surface area contributed by atoms with Gasteiger partial charge in [0.15, 0.2) is 0 Å². The van der Waals surface area contributed by atoms with E-state index in [-0.39, 0.29) is 0 Å². The number of nitrogens with one attached hydrogen (secondary N) is 1. The molecule has 1 aromatic rings. The minimum atomic E-state index is 0.348. The maximum absolute atomic E-state index is 4.51. The number of anilines is 1. The second-order valence-electron chi connectivity index (χ2n) is 4.11. The van der Waals surface area contributed by atoms with Crippen LogP contribution in [0.25, 0.3) is 0 Å². The van der Waals surface area contributed by atoms with Gasteiger partial charge in [-0.05, 0) is 25.8 Å². The van der Waals surface area contributed by atoms with E-state index in [4.69, 9.17) is 0 Å². The van der Waals surface area contributed by atoms with E-state index in [1.807, 2.05) is 24.0 Å². The maximum Gasteiger partial charge on any atom is 0.133 e. The largest absolute Gasteiger partial charge is 0.359 e. The van der Waals surface area contributed by atoms with Gasteiger partial charge in [-0.1, -0.05) is 13.0 Å². The average molecular weight is 253 g/mol. The Balaban J connectivity index is 2.83. The molecule has 96 valence electrons. The summed E-state index contributed by atoms with van der Waals surface area (Å²) in [4.78, 5) is 6.75. The van der Waals surface area contributed by atoms with Crippen LogP contribution in [0.4, 0.5) is 5.82 Å². The molecule has 1 rings (SSSR count). The summed E-state index contributed by atoms with van der Waals surface area (Å²) in [7, 11) is 2.11. The number of hydrogen-bond donors (Lipinski definition) is 1. The number of hydrogen-bond acceptors (Lipinski definition) is 4. The molecule has 1 N–H and O–H groups in total. The van der Waals surface area contributed by atoms with Crippen LogP contribution in [0.15, 0.2) is 18.3 Å². The van der Waals surface area contributed by atoms with E-state index in [2.05, 4.69) is 48.4 Å². The van der Waals surface area contributed by atoms with Gasteiger partial charge in [0.2, 0.25) is 0 Å². The van der Waals surface area contributed by atoms with E-state index in [1.165, 1.54) is 5.56 Å². The Labute approximate surface area is 109 Å². The molecule has 17 heavy (non-hydrogen) atoms. The molecule has 1 heterocycles. The van der Waals surface area contributed by atoms with Gasteiger partial charge < -0.3 is 10.2 Å². The third-order valence-electron chi connectivity index (χ3n) is 2.79. The highest BCUT2D eigenvalue weighted by molar-refractivity contribution is 7.98. The molecule has 1 unspecified atom stereocenters. The second kappa shape index (κ2) is 7.56. The second-order valence-corrected chi connectivity index (χ2v) is 5.10. The van der Waals surface area contributed by atoms with Crippen LogP contribution in [0, 0.1) is 0 Å². The molecule has 0 fully saturated rings. The van der Waals surface area contributed by atoms with E-state index in [1.54, 1.807) is 0 Å². The van der Waals surface area contributed by atoms with Gasteiger partial charge in [-0.25, -0.2) is 4.98 Å². The van der Waals surface area contributed by atoms with Crippen LogP contribution in [0.1, 0.15) is 25.5 Å². The summed E-state index contributed by atoms with van der Waals surface area (Å²) in [5.74, 6) is 2.22. The standard InChI is InChI=1S/C13H23N3S/c1-5-14-11(2)12-7-6-8-15-13(12)16(3)9-10-17-4/h6-8,11,14H,5,9-10H2,1-4H3. The Morgan fingerprint density at radius 2 is 2.29 bits per heavy atom. The lowest BCUT2D eigenvalue weighted by Crippen LogP contribution is -2.26. The molecule has 0 bridgehead atoms. The van der Waals surface area contributed by atoms with Crippen LogP contribution in [0.2, 0.25) is 0 Å². The summed E-state index contributed by atoms with van der Waals surface area (Å²) in [6.07, 6.45) is 4.00. The van der Waals surface area contributed by atoms with Crippen molar-refractivity contribution < 1.29 is 0 Å². The molecule has 1 aromatic heterocycles. The van der Waals surface area contributed by atoms with E-state index in [9.17, 15) is 0 Å². The lowest BCUT2D eigenvalue weighted by atomic mass is 10.1. The topological polar surface area (TPSA) is 28.2 Å². The van der Waals surface area contributed by atoms with E-state index >= 15 is 0 Å². The summed E-state index contributed by atoms with van der Waals surface area (Å²) < 4.78 is 0. The molecule has 0 radical (unpaired) electrons. The first kappa shape index (κ1) is 14.3. The Hall–Kier alpha value is -0.740. The monoisotopic (exact) mass is 253 g/mol. The van der Waals surface area contributed by atoms with Crippen molar-refractivity contribution in [1.82, 2.24) is 10.3 Å². The van der Waals surface area contributed by atoms with Crippen LogP contribution >= 0.6 is 11.8 Å². The van der Waals surface area contributed by atoms with E-state index in [0.717, 1.165) is 24.7 Å². The van der Waals surface area contributed by atoms with E-state index < -0.39 is 0 Å². The van der Waals surface area contributed by atoms with Crippen molar-refractivity contribution in [2.45, 2.75) is 19.9 Å². The summed E-state index contributed by atoms with van der Waals surface area (Å²) >= 11 is 1.86. The maximum atomic E-state index is 4.51. The fraction of sp³-hybridized carbons (Fsp3) is 0.615. The van der Waals surface area contributed by atoms with Crippen molar-refractivity contribution in [3.05, 3.63) is 23.9 Å². The molecular weight excluding hydrogens is 230 g/mol. The highest BCUT2D eigenvalue weighted by Gasteiger charge is 2.13. The molecule has 1 atom stereocenters. The van der Waals surface area contributed by atoms with Crippen LogP contribution < -0.4 is 10.2 Å². The Morgan fingerprint density at radius 1 is 1.53 bits per heavy atom. The van der Waals surface area contributed by atoms with Crippen molar-refractivity contribution in [3.63, 3.8) is 0 Å². The normalized spacial score (nSPS) is 12.5. The zero-order valence-electron chi connectivity index (χ0n) is 11.2. The predicted octanol–water partition coefficient (Wildman–Crippen LogP) is 2.55. The first-order valence-corrected chi connectivity index (χ1v) is 7.48. The summed E-state index contributed by atoms with van der Waals surface area (Å²) in [5.41, 5.74) is 1.28. The highest BCUT2D eigenvalue weighted by atomic mass is 32.2. The van der Waals surface area contributed by atoms with Gasteiger partial charge in [-0.2, -0.15) is 11.8 Å². The average Bonchev–Trinajstić information content (AvgIpc) is 2.36. The lowest BCUT2D eigenvalue weighted by Gasteiger charge is -2.23. The first-order chi connectivity index (χ1) is 8.20. The number of rotatable bonds is 7. The Kier molecular flexibility index (Phi) is 6.37. The van der Waals surface area contributed by atoms with Crippen LogP contribution in [-0.2, 0) is 0 Å². The van der Waals surface area contributed by atoms with Crippen molar-refractivity contribution in [2.75, 3.05) is 37.0 Å². The summed E-state index contributed by atoms with van der Waals surface area (Å²) in [6, 6.07) is 4.51.